The molecule has 0 aliphatic heterocycles. The normalized spacial score (nSPS) is 14.5. The fraction of sp³-hybridized carbons (Fsp3) is 0.778. The van der Waals surface area contributed by atoms with E-state index in [2.05, 4.69) is 5.32 Å². The van der Waals surface area contributed by atoms with Crippen LogP contribution in [0.5, 0.6) is 0 Å². The molecule has 0 spiro atoms. The number of carboxylic acids is 2. The van der Waals surface area contributed by atoms with E-state index in [4.69, 9.17) is 10.2 Å². The molecule has 2 unspecified atom stereocenters. The minimum Gasteiger partial charge on any atom is -0.480 e. The molecule has 0 saturated heterocycles. The van der Waals surface area contributed by atoms with Gasteiger partial charge in [0.15, 0.2) is 0 Å². The molecule has 0 radical (unpaired) electrons. The van der Waals surface area contributed by atoms with E-state index in [0.717, 1.165) is 0 Å². The summed E-state index contributed by atoms with van der Waals surface area (Å²) >= 11 is 1.54. The Hall–Kier alpha value is -0.750. The van der Waals surface area contributed by atoms with Crippen molar-refractivity contribution in [1.82, 2.24) is 5.32 Å². The summed E-state index contributed by atoms with van der Waals surface area (Å²) in [5.41, 5.74) is 0. The highest BCUT2D eigenvalue weighted by Crippen LogP contribution is 2.03. The van der Waals surface area contributed by atoms with Crippen LogP contribution in [0.2, 0.25) is 0 Å². The van der Waals surface area contributed by atoms with E-state index in [1.807, 2.05) is 6.26 Å². The van der Waals surface area contributed by atoms with Crippen molar-refractivity contribution in [2.24, 2.45) is 0 Å². The molecule has 88 valence electrons. The van der Waals surface area contributed by atoms with Crippen molar-refractivity contribution < 1.29 is 19.8 Å². The number of aliphatic carboxylic acids is 2. The van der Waals surface area contributed by atoms with Crippen molar-refractivity contribution in [3.8, 4) is 0 Å². The topological polar surface area (TPSA) is 86.6 Å². The Balaban J connectivity index is 4.25. The van der Waals surface area contributed by atoms with Crippen molar-refractivity contribution in [1.29, 1.82) is 0 Å². The van der Waals surface area contributed by atoms with E-state index in [1.165, 1.54) is 11.8 Å². The van der Waals surface area contributed by atoms with Crippen LogP contribution in [-0.4, -0.2) is 46.2 Å². The summed E-state index contributed by atoms with van der Waals surface area (Å²) < 4.78 is 0. The maximum Gasteiger partial charge on any atom is 0.320 e. The standard InChI is InChI=1S/C9H17NO4S/c1-3-6(8(11)12)10-7(9(13)14)4-5-15-2/h6-7,10H,3-5H2,1-2H3,(H,11,12)(H,13,14). The average molecular weight is 235 g/mol. The Morgan fingerprint density at radius 1 is 1.27 bits per heavy atom. The molecule has 0 aromatic carbocycles. The van der Waals surface area contributed by atoms with E-state index in [-0.39, 0.29) is 0 Å². The third-order valence-electron chi connectivity index (χ3n) is 2.02. The lowest BCUT2D eigenvalue weighted by molar-refractivity contribution is -0.142. The minimum absolute atomic E-state index is 0.373. The summed E-state index contributed by atoms with van der Waals surface area (Å²) in [5.74, 6) is -1.31. The Morgan fingerprint density at radius 2 is 1.80 bits per heavy atom. The third-order valence-corrected chi connectivity index (χ3v) is 2.66. The first-order chi connectivity index (χ1) is 7.02. The van der Waals surface area contributed by atoms with Gasteiger partial charge in [-0.15, -0.1) is 0 Å². The van der Waals surface area contributed by atoms with Gasteiger partial charge in [-0.2, -0.15) is 11.8 Å². The lowest BCUT2D eigenvalue weighted by Gasteiger charge is -2.18. The number of carbonyl (C=O) groups is 2. The molecular formula is C9H17NO4S. The summed E-state index contributed by atoms with van der Waals surface area (Å²) in [6, 6.07) is -1.56. The predicted octanol–water partition coefficient (Wildman–Crippen LogP) is 0.645. The van der Waals surface area contributed by atoms with Crippen LogP contribution in [0.1, 0.15) is 19.8 Å². The Labute approximate surface area is 93.2 Å². The minimum atomic E-state index is -1.01. The van der Waals surface area contributed by atoms with E-state index in [1.54, 1.807) is 6.92 Å². The summed E-state index contributed by atoms with van der Waals surface area (Å²) in [7, 11) is 0. The van der Waals surface area contributed by atoms with Crippen molar-refractivity contribution in [3.05, 3.63) is 0 Å². The van der Waals surface area contributed by atoms with Gasteiger partial charge in [0, 0.05) is 0 Å². The van der Waals surface area contributed by atoms with Gasteiger partial charge in [0.2, 0.25) is 0 Å². The van der Waals surface area contributed by atoms with Crippen LogP contribution in [0.25, 0.3) is 0 Å². The first kappa shape index (κ1) is 14.2. The largest absolute Gasteiger partial charge is 0.480 e. The van der Waals surface area contributed by atoms with Crippen LogP contribution >= 0.6 is 11.8 Å². The number of nitrogens with one attached hydrogen (secondary N) is 1. The fourth-order valence-electron chi connectivity index (χ4n) is 1.12. The molecule has 0 saturated carbocycles. The van der Waals surface area contributed by atoms with Gasteiger partial charge in [0.05, 0.1) is 0 Å². The molecule has 0 fully saturated rings. The molecule has 2 atom stereocenters. The number of rotatable bonds is 8. The van der Waals surface area contributed by atoms with Gasteiger partial charge in [-0.1, -0.05) is 6.92 Å². The van der Waals surface area contributed by atoms with E-state index in [0.29, 0.717) is 18.6 Å². The molecule has 0 aromatic rings. The summed E-state index contributed by atoms with van der Waals surface area (Å²) in [6.07, 6.45) is 2.69. The van der Waals surface area contributed by atoms with Crippen LogP contribution in [-0.2, 0) is 9.59 Å². The van der Waals surface area contributed by atoms with Crippen molar-refractivity contribution in [2.75, 3.05) is 12.0 Å². The molecule has 3 N–H and O–H groups in total. The summed E-state index contributed by atoms with van der Waals surface area (Å²) in [5, 5.41) is 20.3. The SMILES string of the molecule is CCC(NC(CCSC)C(=O)O)C(=O)O. The van der Waals surface area contributed by atoms with E-state index < -0.39 is 24.0 Å². The van der Waals surface area contributed by atoms with Crippen LogP contribution in [0.3, 0.4) is 0 Å². The Bertz CT molecular complexity index is 222. The van der Waals surface area contributed by atoms with Gasteiger partial charge < -0.3 is 10.2 Å². The number of hydrogen-bond donors (Lipinski definition) is 3. The molecule has 0 bridgehead atoms. The van der Waals surface area contributed by atoms with Crippen LogP contribution in [0.15, 0.2) is 0 Å². The van der Waals surface area contributed by atoms with E-state index in [9.17, 15) is 9.59 Å². The molecule has 5 nitrogen and oxygen atoms in total. The smallest absolute Gasteiger partial charge is 0.320 e. The summed E-state index contributed by atoms with van der Waals surface area (Å²) in [4.78, 5) is 21.5. The zero-order valence-electron chi connectivity index (χ0n) is 8.90. The maximum atomic E-state index is 10.8. The number of thioether (sulfide) groups is 1. The molecule has 6 heteroatoms. The number of hydrogen-bond acceptors (Lipinski definition) is 4. The molecule has 0 rings (SSSR count). The van der Waals surface area contributed by atoms with Gasteiger partial charge in [-0.05, 0) is 24.9 Å². The van der Waals surface area contributed by atoms with Crippen LogP contribution in [0, 0.1) is 0 Å². The molecule has 0 aliphatic carbocycles. The first-order valence-corrected chi connectivity index (χ1v) is 6.12. The fourth-order valence-corrected chi connectivity index (χ4v) is 1.59. The van der Waals surface area contributed by atoms with Gasteiger partial charge in [0.25, 0.3) is 0 Å². The van der Waals surface area contributed by atoms with Crippen molar-refractivity contribution in [3.63, 3.8) is 0 Å². The monoisotopic (exact) mass is 235 g/mol. The molecule has 0 aromatic heterocycles. The van der Waals surface area contributed by atoms with Gasteiger partial charge in [-0.3, -0.25) is 14.9 Å². The molecule has 0 heterocycles. The van der Waals surface area contributed by atoms with E-state index >= 15 is 0 Å². The van der Waals surface area contributed by atoms with Crippen LogP contribution in [0.4, 0.5) is 0 Å². The maximum absolute atomic E-state index is 10.8. The van der Waals surface area contributed by atoms with Crippen molar-refractivity contribution >= 4 is 23.7 Å². The van der Waals surface area contributed by atoms with Gasteiger partial charge in [0.1, 0.15) is 12.1 Å². The highest BCUT2D eigenvalue weighted by molar-refractivity contribution is 7.98. The molecule has 15 heavy (non-hydrogen) atoms. The lowest BCUT2D eigenvalue weighted by atomic mass is 10.1. The van der Waals surface area contributed by atoms with Gasteiger partial charge >= 0.3 is 11.9 Å². The number of carboxylic acid groups (broad SMARTS) is 2. The zero-order valence-corrected chi connectivity index (χ0v) is 9.71. The second-order valence-corrected chi connectivity index (χ2v) is 4.12. The molecule has 0 amide bonds. The first-order valence-electron chi connectivity index (χ1n) is 4.73. The van der Waals surface area contributed by atoms with Crippen LogP contribution < -0.4 is 5.32 Å². The zero-order chi connectivity index (χ0) is 11.8. The average Bonchev–Trinajstić information content (AvgIpc) is 2.17. The molecular weight excluding hydrogens is 218 g/mol. The highest BCUT2D eigenvalue weighted by Gasteiger charge is 2.23. The second-order valence-electron chi connectivity index (χ2n) is 3.14. The van der Waals surface area contributed by atoms with Gasteiger partial charge in [-0.25, -0.2) is 0 Å². The van der Waals surface area contributed by atoms with Crippen molar-refractivity contribution in [2.45, 2.75) is 31.8 Å². The Morgan fingerprint density at radius 3 is 2.13 bits per heavy atom. The lowest BCUT2D eigenvalue weighted by Crippen LogP contribution is -2.47. The third kappa shape index (κ3) is 5.64. The molecule has 0 aliphatic rings. The summed E-state index contributed by atoms with van der Waals surface area (Å²) in [6.45, 7) is 1.71. The quantitative estimate of drug-likeness (QED) is 0.572. The highest BCUT2D eigenvalue weighted by atomic mass is 32.2. The Kier molecular flexibility index (Phi) is 7.15. The predicted molar refractivity (Wildman–Crippen MR) is 59.3 cm³/mol. The second kappa shape index (κ2) is 7.53.